The average Bonchev–Trinajstić information content (AvgIpc) is 3.09. The quantitative estimate of drug-likeness (QED) is 0.700. The van der Waals surface area contributed by atoms with Crippen molar-refractivity contribution in [2.24, 2.45) is 7.05 Å². The van der Waals surface area contributed by atoms with Crippen LogP contribution in [0.15, 0.2) is 34.5 Å². The predicted octanol–water partition coefficient (Wildman–Crippen LogP) is 2.83. The summed E-state index contributed by atoms with van der Waals surface area (Å²) in [5, 5.41) is 7.50. The normalized spacial score (nSPS) is 13.6. The van der Waals surface area contributed by atoms with E-state index in [1.807, 2.05) is 31.1 Å². The van der Waals surface area contributed by atoms with Gasteiger partial charge in [-0.2, -0.15) is 5.10 Å². The number of benzene rings is 1. The van der Waals surface area contributed by atoms with Gasteiger partial charge in [-0.15, -0.1) is 11.3 Å². The summed E-state index contributed by atoms with van der Waals surface area (Å²) >= 11 is 1.68. The number of aryl methyl sites for hydroxylation is 2. The SMILES string of the molecule is Cc1nn(C)c(C)c1S(=O)(=O)NCC(c1csc2ccccc12)N(C)C. The molecule has 2 heterocycles. The number of likely N-dealkylation sites (N-methyl/N-ethyl adjacent to an activating group) is 1. The highest BCUT2D eigenvalue weighted by atomic mass is 32.2. The highest BCUT2D eigenvalue weighted by molar-refractivity contribution is 7.89. The molecule has 0 spiro atoms. The van der Waals surface area contributed by atoms with Crippen molar-refractivity contribution in [2.75, 3.05) is 20.6 Å². The fourth-order valence-electron chi connectivity index (χ4n) is 3.23. The first kappa shape index (κ1) is 19.0. The lowest BCUT2D eigenvalue weighted by molar-refractivity contribution is 0.301. The van der Waals surface area contributed by atoms with Gasteiger partial charge in [-0.25, -0.2) is 13.1 Å². The van der Waals surface area contributed by atoms with E-state index in [1.54, 1.807) is 36.9 Å². The van der Waals surface area contributed by atoms with E-state index in [2.05, 4.69) is 27.3 Å². The number of rotatable bonds is 6. The van der Waals surface area contributed by atoms with Gasteiger partial charge in [-0.1, -0.05) is 18.2 Å². The summed E-state index contributed by atoms with van der Waals surface area (Å²) in [4.78, 5) is 2.31. The summed E-state index contributed by atoms with van der Waals surface area (Å²) in [5.41, 5.74) is 2.29. The Morgan fingerprint density at radius 2 is 1.96 bits per heavy atom. The lowest BCUT2D eigenvalue weighted by atomic mass is 10.1. The molecule has 1 N–H and O–H groups in total. The van der Waals surface area contributed by atoms with E-state index in [0.29, 0.717) is 17.9 Å². The van der Waals surface area contributed by atoms with Gasteiger partial charge in [0.15, 0.2) is 0 Å². The summed E-state index contributed by atoms with van der Waals surface area (Å²) in [5.74, 6) is 0. The summed E-state index contributed by atoms with van der Waals surface area (Å²) < 4.78 is 31.3. The molecule has 0 aliphatic carbocycles. The Labute approximate surface area is 158 Å². The lowest BCUT2D eigenvalue weighted by Gasteiger charge is -2.24. The molecule has 0 saturated carbocycles. The van der Waals surface area contributed by atoms with Gasteiger partial charge in [0.05, 0.1) is 11.4 Å². The van der Waals surface area contributed by atoms with Crippen molar-refractivity contribution in [3.05, 3.63) is 46.6 Å². The predicted molar refractivity (Wildman–Crippen MR) is 106 cm³/mol. The molecule has 2 aromatic heterocycles. The first-order valence-corrected chi connectivity index (χ1v) is 10.7. The summed E-state index contributed by atoms with van der Waals surface area (Å²) in [6, 6.07) is 8.14. The Morgan fingerprint density at radius 1 is 1.27 bits per heavy atom. The van der Waals surface area contributed by atoms with Crippen molar-refractivity contribution in [2.45, 2.75) is 24.8 Å². The maximum atomic E-state index is 12.9. The van der Waals surface area contributed by atoms with E-state index in [-0.39, 0.29) is 10.9 Å². The molecule has 0 amide bonds. The minimum absolute atomic E-state index is 0.0572. The number of aromatic nitrogens is 2. The molecular weight excluding hydrogens is 368 g/mol. The molecule has 1 unspecified atom stereocenters. The molecule has 0 radical (unpaired) electrons. The number of fused-ring (bicyclic) bond motifs is 1. The van der Waals surface area contributed by atoms with E-state index in [0.717, 1.165) is 5.56 Å². The number of hydrogen-bond donors (Lipinski definition) is 1. The molecule has 0 bridgehead atoms. The van der Waals surface area contributed by atoms with Crippen molar-refractivity contribution in [1.29, 1.82) is 0 Å². The van der Waals surface area contributed by atoms with Gasteiger partial charge in [-0.3, -0.25) is 4.68 Å². The fraction of sp³-hybridized carbons (Fsp3) is 0.389. The first-order valence-electron chi connectivity index (χ1n) is 8.34. The molecule has 0 fully saturated rings. The molecule has 26 heavy (non-hydrogen) atoms. The van der Waals surface area contributed by atoms with Gasteiger partial charge in [0.1, 0.15) is 4.90 Å². The third kappa shape index (κ3) is 3.42. The highest BCUT2D eigenvalue weighted by Crippen LogP contribution is 2.32. The first-order chi connectivity index (χ1) is 12.2. The molecule has 0 aliphatic heterocycles. The monoisotopic (exact) mass is 392 g/mol. The van der Waals surface area contributed by atoms with Crippen molar-refractivity contribution >= 4 is 31.4 Å². The molecule has 0 aliphatic rings. The second-order valence-electron chi connectivity index (χ2n) is 6.64. The van der Waals surface area contributed by atoms with Gasteiger partial charge in [0.25, 0.3) is 0 Å². The number of hydrogen-bond acceptors (Lipinski definition) is 5. The maximum absolute atomic E-state index is 12.9. The molecule has 3 rings (SSSR count). The van der Waals surface area contributed by atoms with Crippen molar-refractivity contribution in [3.63, 3.8) is 0 Å². The second kappa shape index (κ2) is 7.11. The third-order valence-corrected chi connectivity index (χ3v) is 7.33. The van der Waals surface area contributed by atoms with Crippen LogP contribution in [0, 0.1) is 13.8 Å². The smallest absolute Gasteiger partial charge is 0.244 e. The number of nitrogens with one attached hydrogen (secondary N) is 1. The van der Waals surface area contributed by atoms with Gasteiger partial charge in [-0.05, 0) is 50.3 Å². The number of nitrogens with zero attached hydrogens (tertiary/aromatic N) is 3. The molecule has 6 nitrogen and oxygen atoms in total. The lowest BCUT2D eigenvalue weighted by Crippen LogP contribution is -2.34. The zero-order chi connectivity index (χ0) is 19.1. The minimum Gasteiger partial charge on any atom is -0.301 e. The number of thiophene rings is 1. The summed E-state index contributed by atoms with van der Waals surface area (Å²) in [7, 11) is 2.05. The van der Waals surface area contributed by atoms with Crippen LogP contribution in [0.4, 0.5) is 0 Å². The van der Waals surface area contributed by atoms with Gasteiger partial charge >= 0.3 is 0 Å². The zero-order valence-corrected chi connectivity index (χ0v) is 17.3. The molecule has 3 aromatic rings. The number of sulfonamides is 1. The van der Waals surface area contributed by atoms with E-state index in [9.17, 15) is 8.42 Å². The summed E-state index contributed by atoms with van der Waals surface area (Å²) in [6.45, 7) is 3.78. The minimum atomic E-state index is -3.63. The molecule has 0 saturated heterocycles. The van der Waals surface area contributed by atoms with Crippen LogP contribution in [-0.4, -0.2) is 43.7 Å². The van der Waals surface area contributed by atoms with Crippen LogP contribution < -0.4 is 4.72 Å². The van der Waals surface area contributed by atoms with E-state index >= 15 is 0 Å². The Bertz CT molecular complexity index is 1030. The van der Waals surface area contributed by atoms with Gasteiger partial charge in [0.2, 0.25) is 10.0 Å². The maximum Gasteiger partial charge on any atom is 0.244 e. The van der Waals surface area contributed by atoms with Crippen LogP contribution in [0.2, 0.25) is 0 Å². The standard InChI is InChI=1S/C18H24N4O2S2/c1-12-18(13(2)22(5)20-12)26(23,24)19-10-16(21(3)4)15-11-25-17-9-7-6-8-14(15)17/h6-9,11,16,19H,10H2,1-5H3. The molecular formula is C18H24N4O2S2. The molecule has 1 atom stereocenters. The molecule has 8 heteroatoms. The van der Waals surface area contributed by atoms with Crippen LogP contribution in [0.1, 0.15) is 23.0 Å². The van der Waals surface area contributed by atoms with Gasteiger partial charge in [0, 0.05) is 24.3 Å². The average molecular weight is 393 g/mol. The van der Waals surface area contributed by atoms with Crippen LogP contribution >= 0.6 is 11.3 Å². The van der Waals surface area contributed by atoms with Crippen LogP contribution in [0.3, 0.4) is 0 Å². The molecule has 1 aromatic carbocycles. The van der Waals surface area contributed by atoms with E-state index < -0.39 is 10.0 Å². The molecule has 140 valence electrons. The Balaban J connectivity index is 1.90. The van der Waals surface area contributed by atoms with Crippen molar-refractivity contribution in [3.8, 4) is 0 Å². The van der Waals surface area contributed by atoms with Crippen LogP contribution in [0.25, 0.3) is 10.1 Å². The topological polar surface area (TPSA) is 67.2 Å². The Morgan fingerprint density at radius 3 is 2.58 bits per heavy atom. The Kier molecular flexibility index (Phi) is 5.21. The van der Waals surface area contributed by atoms with Crippen LogP contribution in [-0.2, 0) is 17.1 Å². The van der Waals surface area contributed by atoms with Crippen LogP contribution in [0.5, 0.6) is 0 Å². The largest absolute Gasteiger partial charge is 0.301 e. The third-order valence-electron chi connectivity index (χ3n) is 4.67. The van der Waals surface area contributed by atoms with Gasteiger partial charge < -0.3 is 4.90 Å². The second-order valence-corrected chi connectivity index (χ2v) is 9.26. The van der Waals surface area contributed by atoms with Crippen molar-refractivity contribution in [1.82, 2.24) is 19.4 Å². The zero-order valence-electron chi connectivity index (χ0n) is 15.6. The Hall–Kier alpha value is -1.74. The highest BCUT2D eigenvalue weighted by Gasteiger charge is 2.26. The summed E-state index contributed by atoms with van der Waals surface area (Å²) in [6.07, 6.45) is 0. The fourth-order valence-corrected chi connectivity index (χ4v) is 5.71. The van der Waals surface area contributed by atoms with E-state index in [1.165, 1.54) is 10.1 Å². The van der Waals surface area contributed by atoms with Crippen molar-refractivity contribution < 1.29 is 8.42 Å². The van der Waals surface area contributed by atoms with E-state index in [4.69, 9.17) is 0 Å².